The Kier molecular flexibility index (Phi) is 6.94. The number of benzene rings is 1. The van der Waals surface area contributed by atoms with E-state index in [0.29, 0.717) is 24.1 Å². The summed E-state index contributed by atoms with van der Waals surface area (Å²) >= 11 is 0. The van der Waals surface area contributed by atoms with E-state index >= 15 is 0 Å². The van der Waals surface area contributed by atoms with Crippen molar-refractivity contribution in [2.24, 2.45) is 10.4 Å². The molecule has 1 amide bonds. The third-order valence-electron chi connectivity index (χ3n) is 6.10. The molecule has 2 fully saturated rings. The van der Waals surface area contributed by atoms with Crippen LogP contribution in [0.3, 0.4) is 0 Å². The number of amides is 1. The number of nitrogens with zero attached hydrogens (tertiary/aromatic N) is 3. The normalized spacial score (nSPS) is 18.9. The maximum atomic E-state index is 12.3. The number of carbonyl (C=O) groups excluding carboxylic acids is 1. The van der Waals surface area contributed by atoms with Crippen molar-refractivity contribution in [3.05, 3.63) is 35.4 Å². The molecule has 3 rings (SSSR count). The Morgan fingerprint density at radius 1 is 1.21 bits per heavy atom. The molecule has 0 aromatic heterocycles. The second kappa shape index (κ2) is 9.41. The van der Waals surface area contributed by atoms with Crippen LogP contribution < -0.4 is 10.6 Å². The highest BCUT2D eigenvalue weighted by atomic mass is 16.1. The predicted molar refractivity (Wildman–Crippen MR) is 115 cm³/mol. The summed E-state index contributed by atoms with van der Waals surface area (Å²) in [5.74, 6) is 0.959. The van der Waals surface area contributed by atoms with Crippen LogP contribution in [0.5, 0.6) is 0 Å². The van der Waals surface area contributed by atoms with Crippen LogP contribution in [0.4, 0.5) is 0 Å². The van der Waals surface area contributed by atoms with Crippen molar-refractivity contribution >= 4 is 11.9 Å². The lowest BCUT2D eigenvalue weighted by molar-refractivity contribution is 0.0951. The zero-order valence-electron chi connectivity index (χ0n) is 17.6. The fraction of sp³-hybridized carbons (Fsp3) is 0.636. The van der Waals surface area contributed by atoms with E-state index in [-0.39, 0.29) is 5.91 Å². The molecule has 1 saturated carbocycles. The van der Waals surface area contributed by atoms with E-state index in [1.54, 1.807) is 0 Å². The third-order valence-corrected chi connectivity index (χ3v) is 6.10. The van der Waals surface area contributed by atoms with Crippen LogP contribution in [-0.4, -0.2) is 69.0 Å². The van der Waals surface area contributed by atoms with Crippen molar-refractivity contribution in [1.29, 1.82) is 0 Å². The van der Waals surface area contributed by atoms with Crippen molar-refractivity contribution in [2.75, 3.05) is 47.3 Å². The number of guanidine groups is 1. The zero-order valence-corrected chi connectivity index (χ0v) is 17.6. The first-order chi connectivity index (χ1) is 13.5. The van der Waals surface area contributed by atoms with Crippen LogP contribution in [0.1, 0.15) is 48.0 Å². The molecule has 0 atom stereocenters. The molecule has 1 heterocycles. The summed E-state index contributed by atoms with van der Waals surface area (Å²) in [6, 6.07) is 7.84. The molecule has 2 aliphatic rings. The largest absolute Gasteiger partial charge is 0.352 e. The van der Waals surface area contributed by atoms with Crippen molar-refractivity contribution in [2.45, 2.75) is 38.6 Å². The van der Waals surface area contributed by atoms with Crippen LogP contribution >= 0.6 is 0 Å². The Morgan fingerprint density at radius 3 is 2.71 bits per heavy atom. The van der Waals surface area contributed by atoms with Crippen LogP contribution in [0.2, 0.25) is 0 Å². The number of aliphatic imine (C=N–C) groups is 1. The molecule has 1 aromatic rings. The third kappa shape index (κ3) is 5.25. The lowest BCUT2D eigenvalue weighted by Crippen LogP contribution is -2.40. The Morgan fingerprint density at radius 2 is 2.00 bits per heavy atom. The van der Waals surface area contributed by atoms with Gasteiger partial charge in [-0.2, -0.15) is 0 Å². The molecule has 0 radical (unpaired) electrons. The lowest BCUT2D eigenvalue weighted by atomic mass is 9.86. The smallest absolute Gasteiger partial charge is 0.251 e. The van der Waals surface area contributed by atoms with Crippen molar-refractivity contribution in [1.82, 2.24) is 20.4 Å². The van der Waals surface area contributed by atoms with Crippen molar-refractivity contribution in [3.8, 4) is 0 Å². The number of likely N-dealkylation sites (tertiary alicyclic amines) is 1. The Hall–Kier alpha value is -2.08. The molecule has 1 aromatic carbocycles. The van der Waals surface area contributed by atoms with Gasteiger partial charge in [0.1, 0.15) is 0 Å². The second-order valence-corrected chi connectivity index (χ2v) is 8.54. The van der Waals surface area contributed by atoms with Gasteiger partial charge in [-0.1, -0.05) is 25.0 Å². The lowest BCUT2D eigenvalue weighted by Gasteiger charge is -2.26. The molecule has 1 spiro atoms. The minimum absolute atomic E-state index is 0.0178. The van der Waals surface area contributed by atoms with Crippen LogP contribution in [-0.2, 0) is 6.54 Å². The van der Waals surface area contributed by atoms with Gasteiger partial charge in [-0.05, 0) is 56.5 Å². The summed E-state index contributed by atoms with van der Waals surface area (Å²) in [7, 11) is 5.86. The number of hydrogen-bond donors (Lipinski definition) is 2. The standard InChI is InChI=1S/C22H35N5O/c1-23-21(27-13-11-22(17-27)9-4-5-10-22)25-16-18-7-6-8-19(15-18)20(28)24-12-14-26(2)3/h6-8,15H,4-5,9-14,16-17H2,1-3H3,(H,23,25)(H,24,28). The van der Waals surface area contributed by atoms with Gasteiger partial charge in [-0.25, -0.2) is 0 Å². The number of hydrogen-bond acceptors (Lipinski definition) is 3. The van der Waals surface area contributed by atoms with Gasteiger partial charge in [0.25, 0.3) is 5.91 Å². The molecule has 28 heavy (non-hydrogen) atoms. The molecule has 2 N–H and O–H groups in total. The maximum absolute atomic E-state index is 12.3. The maximum Gasteiger partial charge on any atom is 0.251 e. The monoisotopic (exact) mass is 385 g/mol. The molecule has 6 heteroatoms. The highest BCUT2D eigenvalue weighted by molar-refractivity contribution is 5.94. The molecule has 6 nitrogen and oxygen atoms in total. The Balaban J connectivity index is 1.53. The minimum atomic E-state index is -0.0178. The molecule has 0 bridgehead atoms. The average molecular weight is 386 g/mol. The van der Waals surface area contributed by atoms with Crippen molar-refractivity contribution in [3.63, 3.8) is 0 Å². The molecular weight excluding hydrogens is 350 g/mol. The fourth-order valence-corrected chi connectivity index (χ4v) is 4.48. The fourth-order valence-electron chi connectivity index (χ4n) is 4.48. The molecule has 1 saturated heterocycles. The molecule has 154 valence electrons. The number of carbonyl (C=O) groups is 1. The Bertz CT molecular complexity index is 694. The topological polar surface area (TPSA) is 60.0 Å². The van der Waals surface area contributed by atoms with Gasteiger partial charge in [0.05, 0.1) is 0 Å². The van der Waals surface area contributed by atoms with Crippen LogP contribution in [0.25, 0.3) is 0 Å². The zero-order chi connectivity index (χ0) is 20.0. The van der Waals surface area contributed by atoms with E-state index in [1.807, 2.05) is 39.3 Å². The SMILES string of the molecule is CN=C(NCc1cccc(C(=O)NCCN(C)C)c1)N1CCC2(CCCC2)C1. The van der Waals surface area contributed by atoms with E-state index in [9.17, 15) is 4.79 Å². The molecule has 1 aliphatic heterocycles. The highest BCUT2D eigenvalue weighted by Gasteiger charge is 2.41. The van der Waals surface area contributed by atoms with Gasteiger partial charge in [-0.15, -0.1) is 0 Å². The first-order valence-corrected chi connectivity index (χ1v) is 10.5. The number of nitrogens with one attached hydrogen (secondary N) is 2. The van der Waals surface area contributed by atoms with E-state index in [0.717, 1.165) is 31.2 Å². The van der Waals surface area contributed by atoms with Gasteiger partial charge >= 0.3 is 0 Å². The van der Waals surface area contributed by atoms with Gasteiger partial charge in [0.15, 0.2) is 5.96 Å². The summed E-state index contributed by atoms with van der Waals surface area (Å²) in [5, 5.41) is 6.47. The van der Waals surface area contributed by atoms with Gasteiger partial charge in [0.2, 0.25) is 0 Å². The average Bonchev–Trinajstić information content (AvgIpc) is 3.32. The van der Waals surface area contributed by atoms with Crippen LogP contribution in [0.15, 0.2) is 29.3 Å². The van der Waals surface area contributed by atoms with E-state index < -0.39 is 0 Å². The summed E-state index contributed by atoms with van der Waals surface area (Å²) in [4.78, 5) is 21.3. The van der Waals surface area contributed by atoms with Crippen molar-refractivity contribution < 1.29 is 4.79 Å². The minimum Gasteiger partial charge on any atom is -0.352 e. The van der Waals surface area contributed by atoms with Gasteiger partial charge in [-0.3, -0.25) is 9.79 Å². The first-order valence-electron chi connectivity index (χ1n) is 10.5. The molecule has 0 unspecified atom stereocenters. The second-order valence-electron chi connectivity index (χ2n) is 8.54. The van der Waals surface area contributed by atoms with E-state index in [1.165, 1.54) is 32.1 Å². The van der Waals surface area contributed by atoms with Gasteiger partial charge < -0.3 is 20.4 Å². The molecular formula is C22H35N5O. The van der Waals surface area contributed by atoms with Crippen LogP contribution in [0, 0.1) is 5.41 Å². The predicted octanol–water partition coefficient (Wildman–Crippen LogP) is 2.32. The summed E-state index contributed by atoms with van der Waals surface area (Å²) < 4.78 is 0. The first kappa shape index (κ1) is 20.6. The summed E-state index contributed by atoms with van der Waals surface area (Å²) in [6.07, 6.45) is 6.78. The highest BCUT2D eigenvalue weighted by Crippen LogP contribution is 2.45. The summed E-state index contributed by atoms with van der Waals surface area (Å²) in [5.41, 5.74) is 2.33. The quantitative estimate of drug-likeness (QED) is 0.583. The van der Waals surface area contributed by atoms with E-state index in [4.69, 9.17) is 0 Å². The molecule has 1 aliphatic carbocycles. The number of likely N-dealkylation sites (N-methyl/N-ethyl adjacent to an activating group) is 1. The van der Waals surface area contributed by atoms with Gasteiger partial charge in [0, 0.05) is 45.3 Å². The Labute approximate surface area is 169 Å². The number of rotatable bonds is 6. The van der Waals surface area contributed by atoms with E-state index in [2.05, 4.69) is 31.5 Å². The summed E-state index contributed by atoms with van der Waals surface area (Å²) in [6.45, 7) is 4.38.